The lowest BCUT2D eigenvalue weighted by Crippen LogP contribution is -2.16. The second-order valence-electron chi connectivity index (χ2n) is 3.82. The van der Waals surface area contributed by atoms with Gasteiger partial charge in [0.15, 0.2) is 0 Å². The number of rotatable bonds is 4. The van der Waals surface area contributed by atoms with Crippen LogP contribution in [-0.2, 0) is 13.1 Å². The van der Waals surface area contributed by atoms with Crippen molar-refractivity contribution in [2.75, 3.05) is 7.05 Å². The molecule has 2 heterocycles. The molecule has 3 nitrogen and oxygen atoms in total. The largest absolute Gasteiger partial charge is 0.472 e. The Bertz CT molecular complexity index is 442. The first kappa shape index (κ1) is 11.4. The van der Waals surface area contributed by atoms with E-state index >= 15 is 0 Å². The van der Waals surface area contributed by atoms with E-state index in [4.69, 9.17) is 4.42 Å². The summed E-state index contributed by atoms with van der Waals surface area (Å²) < 4.78 is 6.05. The van der Waals surface area contributed by atoms with Crippen molar-refractivity contribution in [3.05, 3.63) is 52.7 Å². The first-order valence-corrected chi connectivity index (χ1v) is 5.82. The van der Waals surface area contributed by atoms with Crippen molar-refractivity contribution in [3.63, 3.8) is 0 Å². The van der Waals surface area contributed by atoms with Gasteiger partial charge in [0.2, 0.25) is 0 Å². The monoisotopic (exact) mass is 280 g/mol. The Morgan fingerprint density at radius 1 is 1.31 bits per heavy atom. The summed E-state index contributed by atoms with van der Waals surface area (Å²) in [6.45, 7) is 1.75. The number of hydrogen-bond donors (Lipinski definition) is 0. The van der Waals surface area contributed by atoms with Crippen molar-refractivity contribution < 1.29 is 4.42 Å². The van der Waals surface area contributed by atoms with Crippen LogP contribution in [0.5, 0.6) is 0 Å². The zero-order valence-corrected chi connectivity index (χ0v) is 10.6. The third kappa shape index (κ3) is 3.18. The maximum absolute atomic E-state index is 5.04. The lowest BCUT2D eigenvalue weighted by molar-refractivity contribution is 0.317. The summed E-state index contributed by atoms with van der Waals surface area (Å²) >= 11 is 3.42. The zero-order valence-electron chi connectivity index (χ0n) is 9.06. The lowest BCUT2D eigenvalue weighted by atomic mass is 10.2. The number of nitrogens with zero attached hydrogens (tertiary/aromatic N) is 2. The van der Waals surface area contributed by atoms with Gasteiger partial charge in [-0.15, -0.1) is 0 Å². The SMILES string of the molecule is CN(Cc1ccoc1)Cc1cncc(Br)c1. The van der Waals surface area contributed by atoms with Gasteiger partial charge in [-0.2, -0.15) is 0 Å². The van der Waals surface area contributed by atoms with E-state index in [0.717, 1.165) is 17.6 Å². The normalized spacial score (nSPS) is 10.9. The smallest absolute Gasteiger partial charge is 0.0947 e. The van der Waals surface area contributed by atoms with Gasteiger partial charge in [-0.25, -0.2) is 0 Å². The summed E-state index contributed by atoms with van der Waals surface area (Å²) in [5.74, 6) is 0. The lowest BCUT2D eigenvalue weighted by Gasteiger charge is -2.15. The molecule has 2 aromatic rings. The van der Waals surface area contributed by atoms with Gasteiger partial charge in [-0.3, -0.25) is 9.88 Å². The summed E-state index contributed by atoms with van der Waals surface area (Å²) in [6.07, 6.45) is 7.15. The quantitative estimate of drug-likeness (QED) is 0.862. The molecular formula is C12H13BrN2O. The van der Waals surface area contributed by atoms with Crippen LogP contribution in [-0.4, -0.2) is 16.9 Å². The average Bonchev–Trinajstić information content (AvgIpc) is 2.70. The first-order chi connectivity index (χ1) is 7.74. The summed E-state index contributed by atoms with van der Waals surface area (Å²) in [6, 6.07) is 4.06. The van der Waals surface area contributed by atoms with E-state index in [2.05, 4.69) is 38.9 Å². The Hall–Kier alpha value is -1.13. The van der Waals surface area contributed by atoms with Gasteiger partial charge in [-0.1, -0.05) is 0 Å². The van der Waals surface area contributed by atoms with Crippen molar-refractivity contribution in [1.82, 2.24) is 9.88 Å². The predicted octanol–water partition coefficient (Wildman–Crippen LogP) is 3.07. The van der Waals surface area contributed by atoms with Crippen LogP contribution in [0, 0.1) is 0 Å². The van der Waals surface area contributed by atoms with Crippen molar-refractivity contribution in [1.29, 1.82) is 0 Å². The molecule has 0 spiro atoms. The molecule has 0 radical (unpaired) electrons. The molecule has 0 saturated heterocycles. The van der Waals surface area contributed by atoms with Gasteiger partial charge in [0.05, 0.1) is 12.5 Å². The van der Waals surface area contributed by atoms with E-state index in [1.165, 1.54) is 11.1 Å². The third-order valence-corrected chi connectivity index (χ3v) is 2.68. The van der Waals surface area contributed by atoms with Crippen LogP contribution in [0.3, 0.4) is 0 Å². The molecule has 0 fully saturated rings. The molecule has 4 heteroatoms. The molecule has 84 valence electrons. The van der Waals surface area contributed by atoms with E-state index in [-0.39, 0.29) is 0 Å². The molecular weight excluding hydrogens is 268 g/mol. The topological polar surface area (TPSA) is 29.3 Å². The highest BCUT2D eigenvalue weighted by atomic mass is 79.9. The zero-order chi connectivity index (χ0) is 11.4. The molecule has 2 rings (SSSR count). The molecule has 0 amide bonds. The van der Waals surface area contributed by atoms with Gasteiger partial charge in [0, 0.05) is 35.5 Å². The predicted molar refractivity (Wildman–Crippen MR) is 65.8 cm³/mol. The Kier molecular flexibility index (Phi) is 3.74. The molecule has 0 aliphatic carbocycles. The maximum Gasteiger partial charge on any atom is 0.0947 e. The van der Waals surface area contributed by atoms with Gasteiger partial charge >= 0.3 is 0 Å². The molecule has 0 bridgehead atoms. The Balaban J connectivity index is 1.94. The summed E-state index contributed by atoms with van der Waals surface area (Å²) in [5, 5.41) is 0. The third-order valence-electron chi connectivity index (χ3n) is 2.25. The molecule has 0 N–H and O–H groups in total. The Morgan fingerprint density at radius 3 is 2.81 bits per heavy atom. The molecule has 2 aromatic heterocycles. The van der Waals surface area contributed by atoms with Gasteiger partial charge in [0.1, 0.15) is 0 Å². The summed E-state index contributed by atoms with van der Waals surface area (Å²) in [5.41, 5.74) is 2.38. The van der Waals surface area contributed by atoms with Gasteiger partial charge in [-0.05, 0) is 40.7 Å². The van der Waals surface area contributed by atoms with Crippen LogP contribution in [0.25, 0.3) is 0 Å². The van der Waals surface area contributed by atoms with Crippen LogP contribution >= 0.6 is 15.9 Å². The molecule has 0 saturated carbocycles. The van der Waals surface area contributed by atoms with E-state index < -0.39 is 0 Å². The minimum Gasteiger partial charge on any atom is -0.472 e. The second kappa shape index (κ2) is 5.27. The second-order valence-corrected chi connectivity index (χ2v) is 4.73. The summed E-state index contributed by atoms with van der Waals surface area (Å²) in [4.78, 5) is 6.36. The van der Waals surface area contributed by atoms with Crippen LogP contribution < -0.4 is 0 Å². The molecule has 0 aliphatic heterocycles. The van der Waals surface area contributed by atoms with Crippen molar-refractivity contribution in [2.45, 2.75) is 13.1 Å². The van der Waals surface area contributed by atoms with Gasteiger partial charge < -0.3 is 4.42 Å². The minimum absolute atomic E-state index is 0.873. The van der Waals surface area contributed by atoms with Crippen LogP contribution in [0.15, 0.2) is 45.9 Å². The van der Waals surface area contributed by atoms with E-state index in [9.17, 15) is 0 Å². The fourth-order valence-electron chi connectivity index (χ4n) is 1.60. The van der Waals surface area contributed by atoms with Crippen LogP contribution in [0.2, 0.25) is 0 Å². The molecule has 16 heavy (non-hydrogen) atoms. The van der Waals surface area contributed by atoms with E-state index in [1.54, 1.807) is 18.7 Å². The highest BCUT2D eigenvalue weighted by molar-refractivity contribution is 9.10. The molecule has 0 atom stereocenters. The number of furan rings is 1. The van der Waals surface area contributed by atoms with E-state index in [0.29, 0.717) is 0 Å². The fourth-order valence-corrected chi connectivity index (χ4v) is 2.02. The van der Waals surface area contributed by atoms with Crippen molar-refractivity contribution in [2.24, 2.45) is 0 Å². The Labute approximate surface area is 103 Å². The van der Waals surface area contributed by atoms with Crippen LogP contribution in [0.4, 0.5) is 0 Å². The highest BCUT2D eigenvalue weighted by Crippen LogP contribution is 2.12. The number of halogens is 1. The van der Waals surface area contributed by atoms with E-state index in [1.807, 2.05) is 12.3 Å². The molecule has 0 aliphatic rings. The standard InChI is InChI=1S/C12H13BrN2O/c1-15(7-10-2-3-16-9-10)8-11-4-12(13)6-14-5-11/h2-6,9H,7-8H2,1H3. The van der Waals surface area contributed by atoms with Gasteiger partial charge in [0.25, 0.3) is 0 Å². The van der Waals surface area contributed by atoms with Crippen molar-refractivity contribution >= 4 is 15.9 Å². The Morgan fingerprint density at radius 2 is 2.12 bits per heavy atom. The molecule has 0 aromatic carbocycles. The molecule has 0 unspecified atom stereocenters. The minimum atomic E-state index is 0.873. The van der Waals surface area contributed by atoms with Crippen LogP contribution in [0.1, 0.15) is 11.1 Å². The maximum atomic E-state index is 5.04. The average molecular weight is 281 g/mol. The fraction of sp³-hybridized carbons (Fsp3) is 0.250. The number of aromatic nitrogens is 1. The number of pyridine rings is 1. The van der Waals surface area contributed by atoms with Crippen molar-refractivity contribution in [3.8, 4) is 0 Å². The highest BCUT2D eigenvalue weighted by Gasteiger charge is 2.03. The first-order valence-electron chi connectivity index (χ1n) is 5.03. The number of hydrogen-bond acceptors (Lipinski definition) is 3. The summed E-state index contributed by atoms with van der Waals surface area (Å²) in [7, 11) is 2.08.